The van der Waals surface area contributed by atoms with Crippen LogP contribution >= 0.6 is 0 Å². The fourth-order valence-electron chi connectivity index (χ4n) is 3.33. The SMILES string of the molecule is CN(C)[C@H](CNC(=O)NCCc1cn(CCOCCOCCOCCN=[N+]=[N-])nn1)Cc1ccc(O)cc1. The summed E-state index contributed by atoms with van der Waals surface area (Å²) >= 11 is 0. The molecule has 0 saturated heterocycles. The highest BCUT2D eigenvalue weighted by atomic mass is 16.5. The fraction of sp³-hybridized carbons (Fsp3) is 0.625. The van der Waals surface area contributed by atoms with Crippen LogP contribution in [0.3, 0.4) is 0 Å². The molecule has 2 rings (SSSR count). The van der Waals surface area contributed by atoms with Gasteiger partial charge in [-0.3, -0.25) is 0 Å². The van der Waals surface area contributed by atoms with Gasteiger partial charge in [0.15, 0.2) is 0 Å². The van der Waals surface area contributed by atoms with E-state index in [1.807, 2.05) is 32.4 Å². The standard InChI is InChI=1S/C24H39N9O5/c1-32(2)22(17-20-3-5-23(34)6-4-20)18-27-24(35)26-8-7-21-19-33(31-29-21)10-12-37-14-16-38-15-13-36-11-9-28-30-25/h3-6,19,22,34H,7-18H2,1-2H3,(H2,26,27,35)/t22-/m0/s1. The van der Waals surface area contributed by atoms with Gasteiger partial charge in [0.05, 0.1) is 51.9 Å². The molecule has 0 saturated carbocycles. The van der Waals surface area contributed by atoms with Crippen LogP contribution in [0.2, 0.25) is 0 Å². The van der Waals surface area contributed by atoms with E-state index in [0.717, 1.165) is 17.7 Å². The third-order valence-electron chi connectivity index (χ3n) is 5.50. The quantitative estimate of drug-likeness (QED) is 0.0990. The highest BCUT2D eigenvalue weighted by Gasteiger charge is 2.14. The monoisotopic (exact) mass is 533 g/mol. The molecule has 1 aromatic heterocycles. The van der Waals surface area contributed by atoms with Crippen LogP contribution < -0.4 is 10.6 Å². The lowest BCUT2D eigenvalue weighted by Crippen LogP contribution is -2.45. The number of benzene rings is 1. The molecule has 14 nitrogen and oxygen atoms in total. The van der Waals surface area contributed by atoms with Crippen molar-refractivity contribution in [3.8, 4) is 5.75 Å². The molecule has 0 unspecified atom stereocenters. The van der Waals surface area contributed by atoms with Crippen LogP contribution in [0.25, 0.3) is 10.4 Å². The Morgan fingerprint density at radius 1 is 1.11 bits per heavy atom. The summed E-state index contributed by atoms with van der Waals surface area (Å²) in [7, 11) is 3.95. The molecule has 210 valence electrons. The minimum absolute atomic E-state index is 0.120. The Kier molecular flexibility index (Phi) is 15.2. The van der Waals surface area contributed by atoms with Crippen LogP contribution in [0.1, 0.15) is 11.3 Å². The molecule has 0 aliphatic heterocycles. The first kappa shape index (κ1) is 30.8. The molecule has 0 aliphatic carbocycles. The molecule has 3 N–H and O–H groups in total. The molecule has 2 aromatic rings. The van der Waals surface area contributed by atoms with Gasteiger partial charge in [0, 0.05) is 43.2 Å². The summed E-state index contributed by atoms with van der Waals surface area (Å²) in [5.41, 5.74) is 10.0. The molecule has 1 atom stereocenters. The van der Waals surface area contributed by atoms with Gasteiger partial charge in [0.2, 0.25) is 0 Å². The van der Waals surface area contributed by atoms with E-state index in [-0.39, 0.29) is 17.8 Å². The lowest BCUT2D eigenvalue weighted by Gasteiger charge is -2.25. The zero-order valence-corrected chi connectivity index (χ0v) is 22.2. The van der Waals surface area contributed by atoms with E-state index < -0.39 is 0 Å². The number of hydrogen-bond donors (Lipinski definition) is 3. The lowest BCUT2D eigenvalue weighted by molar-refractivity contribution is 0.0141. The molecule has 0 spiro atoms. The Balaban J connectivity index is 1.51. The first-order valence-electron chi connectivity index (χ1n) is 12.6. The van der Waals surface area contributed by atoms with Crippen LogP contribution in [-0.4, -0.2) is 110 Å². The first-order chi connectivity index (χ1) is 18.5. The van der Waals surface area contributed by atoms with Gasteiger partial charge in [-0.2, -0.15) is 0 Å². The van der Waals surface area contributed by atoms with Crippen LogP contribution in [0, 0.1) is 0 Å². The number of hydrogen-bond acceptors (Lipinski definition) is 9. The molecule has 38 heavy (non-hydrogen) atoms. The third-order valence-corrected chi connectivity index (χ3v) is 5.50. The minimum Gasteiger partial charge on any atom is -0.508 e. The number of azide groups is 1. The van der Waals surface area contributed by atoms with Crippen LogP contribution in [0.15, 0.2) is 35.6 Å². The number of phenols is 1. The number of carbonyl (C=O) groups is 1. The van der Waals surface area contributed by atoms with Crippen molar-refractivity contribution >= 4 is 6.03 Å². The minimum atomic E-state index is -0.231. The molecule has 2 amide bonds. The molecule has 0 bridgehead atoms. The summed E-state index contributed by atoms with van der Waals surface area (Å²) < 4.78 is 17.9. The number of nitrogens with zero attached hydrogens (tertiary/aromatic N) is 7. The summed E-state index contributed by atoms with van der Waals surface area (Å²) in [5.74, 6) is 0.238. The van der Waals surface area contributed by atoms with Gasteiger partial charge in [-0.25, -0.2) is 9.48 Å². The van der Waals surface area contributed by atoms with Gasteiger partial charge >= 0.3 is 6.03 Å². The Labute approximate surface area is 222 Å². The number of urea groups is 1. The maximum absolute atomic E-state index is 12.2. The van der Waals surface area contributed by atoms with Crippen molar-refractivity contribution in [2.24, 2.45) is 5.11 Å². The number of phenolic OH excluding ortho intramolecular Hbond substituents is 1. The molecule has 0 fully saturated rings. The number of rotatable bonds is 20. The van der Waals surface area contributed by atoms with Crippen LogP contribution in [0.5, 0.6) is 5.75 Å². The molecule has 1 aromatic carbocycles. The Bertz CT molecular complexity index is 964. The summed E-state index contributed by atoms with van der Waals surface area (Å²) in [5, 5.41) is 26.8. The van der Waals surface area contributed by atoms with Gasteiger partial charge < -0.3 is 34.9 Å². The zero-order chi connectivity index (χ0) is 27.4. The van der Waals surface area contributed by atoms with Gasteiger partial charge in [-0.15, -0.1) is 5.10 Å². The van der Waals surface area contributed by atoms with E-state index in [0.29, 0.717) is 72.2 Å². The Morgan fingerprint density at radius 2 is 1.79 bits per heavy atom. The molecular weight excluding hydrogens is 494 g/mol. The predicted molar refractivity (Wildman–Crippen MR) is 141 cm³/mol. The van der Waals surface area contributed by atoms with E-state index in [9.17, 15) is 9.90 Å². The second-order valence-corrected chi connectivity index (χ2v) is 8.64. The van der Waals surface area contributed by atoms with E-state index >= 15 is 0 Å². The number of nitrogens with one attached hydrogen (secondary N) is 2. The van der Waals surface area contributed by atoms with E-state index in [1.165, 1.54) is 0 Å². The maximum Gasteiger partial charge on any atom is 0.314 e. The number of aromatic hydroxyl groups is 1. The fourth-order valence-corrected chi connectivity index (χ4v) is 3.33. The van der Waals surface area contributed by atoms with Crippen molar-refractivity contribution in [1.82, 2.24) is 30.5 Å². The van der Waals surface area contributed by atoms with Crippen molar-refractivity contribution in [1.29, 1.82) is 0 Å². The van der Waals surface area contributed by atoms with Gasteiger partial charge in [0.25, 0.3) is 0 Å². The van der Waals surface area contributed by atoms with Crippen molar-refractivity contribution in [3.63, 3.8) is 0 Å². The largest absolute Gasteiger partial charge is 0.508 e. The van der Waals surface area contributed by atoms with Crippen molar-refractivity contribution in [2.75, 3.05) is 73.4 Å². The number of aromatic nitrogens is 3. The van der Waals surface area contributed by atoms with E-state index in [4.69, 9.17) is 19.7 Å². The summed E-state index contributed by atoms with van der Waals surface area (Å²) in [6, 6.07) is 6.99. The van der Waals surface area contributed by atoms with Gasteiger partial charge in [-0.05, 0) is 43.7 Å². The molecule has 1 heterocycles. The van der Waals surface area contributed by atoms with Gasteiger partial charge in [0.1, 0.15) is 5.75 Å². The Hall–Kier alpha value is -3.42. The topological polar surface area (TPSA) is 172 Å². The molecule has 14 heteroatoms. The summed E-state index contributed by atoms with van der Waals surface area (Å²) in [6.45, 7) is 4.49. The highest BCUT2D eigenvalue weighted by Crippen LogP contribution is 2.12. The lowest BCUT2D eigenvalue weighted by atomic mass is 10.1. The summed E-state index contributed by atoms with van der Waals surface area (Å²) in [6.07, 6.45) is 3.16. The highest BCUT2D eigenvalue weighted by molar-refractivity contribution is 5.73. The van der Waals surface area contributed by atoms with Gasteiger partial charge in [-0.1, -0.05) is 22.5 Å². The number of carbonyl (C=O) groups excluding carboxylic acids is 1. The van der Waals surface area contributed by atoms with Crippen LogP contribution in [-0.2, 0) is 33.6 Å². The first-order valence-corrected chi connectivity index (χ1v) is 12.6. The van der Waals surface area contributed by atoms with Crippen molar-refractivity contribution < 1.29 is 24.1 Å². The second-order valence-electron chi connectivity index (χ2n) is 8.64. The third kappa shape index (κ3) is 13.8. The second kappa shape index (κ2) is 18.8. The smallest absolute Gasteiger partial charge is 0.314 e. The molecule has 0 radical (unpaired) electrons. The maximum atomic E-state index is 12.2. The average molecular weight is 534 g/mol. The van der Waals surface area contributed by atoms with Crippen molar-refractivity contribution in [2.45, 2.75) is 25.4 Å². The average Bonchev–Trinajstić information content (AvgIpc) is 3.35. The predicted octanol–water partition coefficient (Wildman–Crippen LogP) is 1.36. The zero-order valence-electron chi connectivity index (χ0n) is 22.2. The van der Waals surface area contributed by atoms with E-state index in [1.54, 1.807) is 16.8 Å². The van der Waals surface area contributed by atoms with E-state index in [2.05, 4.69) is 35.9 Å². The Morgan fingerprint density at radius 3 is 2.47 bits per heavy atom. The molecular formula is C24H39N9O5. The number of ether oxygens (including phenoxy) is 3. The molecule has 0 aliphatic rings. The van der Waals surface area contributed by atoms with Crippen molar-refractivity contribution in [3.05, 3.63) is 52.2 Å². The summed E-state index contributed by atoms with van der Waals surface area (Å²) in [4.78, 5) is 16.9. The number of amides is 2. The normalized spacial score (nSPS) is 11.8. The van der Waals surface area contributed by atoms with Crippen LogP contribution in [0.4, 0.5) is 4.79 Å². The number of likely N-dealkylation sites (N-methyl/N-ethyl adjacent to an activating group) is 1.